The number of hydrogen-bond acceptors (Lipinski definition) is 2. The molecule has 1 aliphatic rings. The molecule has 1 fully saturated rings. The van der Waals surface area contributed by atoms with Gasteiger partial charge in [0.15, 0.2) is 0 Å². The molecule has 0 aromatic heterocycles. The van der Waals surface area contributed by atoms with Crippen molar-refractivity contribution in [2.45, 2.75) is 50.1 Å². The van der Waals surface area contributed by atoms with Crippen LogP contribution in [-0.4, -0.2) is 24.5 Å². The van der Waals surface area contributed by atoms with Crippen LogP contribution in [0.4, 0.5) is 4.39 Å². The summed E-state index contributed by atoms with van der Waals surface area (Å²) in [6.07, 6.45) is 6.72. The lowest BCUT2D eigenvalue weighted by atomic mass is 9.78. The minimum atomic E-state index is -0.399. The average Bonchev–Trinajstić information content (AvgIpc) is 2.71. The van der Waals surface area contributed by atoms with Gasteiger partial charge in [-0.15, -0.1) is 0 Å². The largest absolute Gasteiger partial charge is 0.322 e. The quantitative estimate of drug-likeness (QED) is 0.600. The third-order valence-electron chi connectivity index (χ3n) is 4.84. The van der Waals surface area contributed by atoms with Crippen LogP contribution < -0.4 is 5.73 Å². The molecule has 0 spiro atoms. The van der Waals surface area contributed by atoms with Crippen LogP contribution in [0.1, 0.15) is 50.1 Å². The van der Waals surface area contributed by atoms with Gasteiger partial charge in [-0.25, -0.2) is 4.39 Å². The fourth-order valence-electron chi connectivity index (χ4n) is 3.45. The molecule has 1 saturated carbocycles. The summed E-state index contributed by atoms with van der Waals surface area (Å²) < 4.78 is 15.1. The predicted molar refractivity (Wildman–Crippen MR) is 90.2 cm³/mol. The molecule has 0 saturated heterocycles. The van der Waals surface area contributed by atoms with Crippen LogP contribution in [-0.2, 0) is 0 Å². The number of nitrogens with zero attached hydrogens (tertiary/aromatic N) is 1. The van der Waals surface area contributed by atoms with Crippen LogP contribution in [0, 0.1) is 5.82 Å². The van der Waals surface area contributed by atoms with E-state index in [1.54, 1.807) is 12.1 Å². The van der Waals surface area contributed by atoms with Crippen LogP contribution in [0.5, 0.6) is 0 Å². The number of halogens is 3. The van der Waals surface area contributed by atoms with Crippen molar-refractivity contribution < 1.29 is 4.39 Å². The minimum absolute atomic E-state index is 0.116. The molecule has 21 heavy (non-hydrogen) atoms. The molecule has 1 aromatic carbocycles. The van der Waals surface area contributed by atoms with Crippen molar-refractivity contribution in [2.75, 3.05) is 14.1 Å². The van der Waals surface area contributed by atoms with E-state index in [1.165, 1.54) is 12.8 Å². The summed E-state index contributed by atoms with van der Waals surface area (Å²) in [4.78, 5) is 2.18. The highest BCUT2D eigenvalue weighted by molar-refractivity contribution is 9.10. The van der Waals surface area contributed by atoms with E-state index in [9.17, 15) is 4.39 Å². The van der Waals surface area contributed by atoms with Gasteiger partial charge in [0.05, 0.1) is 11.1 Å². The molecule has 1 aliphatic carbocycles. The molecule has 1 aromatic rings. The number of nitrogens with two attached hydrogens (primary N) is 1. The van der Waals surface area contributed by atoms with E-state index in [2.05, 4.69) is 20.8 Å². The molecule has 118 valence electrons. The molecule has 1 atom stereocenters. The summed E-state index contributed by atoms with van der Waals surface area (Å²) in [7, 11) is 4.09. The summed E-state index contributed by atoms with van der Waals surface area (Å²) in [6, 6.07) is 3.16. The Hall–Kier alpha value is -0.160. The Morgan fingerprint density at radius 3 is 2.33 bits per heavy atom. The molecule has 0 radical (unpaired) electrons. The zero-order valence-electron chi connectivity index (χ0n) is 12.6. The average molecular weight is 378 g/mol. The van der Waals surface area contributed by atoms with Crippen molar-refractivity contribution in [3.63, 3.8) is 0 Å². The van der Waals surface area contributed by atoms with Crippen molar-refractivity contribution in [1.29, 1.82) is 0 Å². The SMILES string of the molecule is CN(C)C1(C(N)c2ccc(Br)c(Cl)c2F)CCCCCC1. The molecule has 2 nitrogen and oxygen atoms in total. The third kappa shape index (κ3) is 3.29. The van der Waals surface area contributed by atoms with Crippen LogP contribution in [0.2, 0.25) is 5.02 Å². The van der Waals surface area contributed by atoms with E-state index >= 15 is 0 Å². The van der Waals surface area contributed by atoms with Crippen LogP contribution in [0.25, 0.3) is 0 Å². The Morgan fingerprint density at radius 2 is 1.81 bits per heavy atom. The van der Waals surface area contributed by atoms with Gasteiger partial charge in [0.25, 0.3) is 0 Å². The maximum Gasteiger partial charge on any atom is 0.147 e. The molecule has 1 unspecified atom stereocenters. The van der Waals surface area contributed by atoms with Crippen molar-refractivity contribution >= 4 is 27.5 Å². The van der Waals surface area contributed by atoms with Crippen LogP contribution >= 0.6 is 27.5 Å². The number of rotatable bonds is 3. The first-order chi connectivity index (χ1) is 9.90. The van der Waals surface area contributed by atoms with Gasteiger partial charge < -0.3 is 10.6 Å². The summed E-state index contributed by atoms with van der Waals surface area (Å²) in [5, 5.41) is 0.116. The second-order valence-corrected chi connectivity index (χ2v) is 7.39. The molecule has 0 heterocycles. The second kappa shape index (κ2) is 6.95. The Labute approximate surface area is 140 Å². The maximum absolute atomic E-state index is 14.5. The van der Waals surface area contributed by atoms with E-state index in [-0.39, 0.29) is 16.6 Å². The summed E-state index contributed by atoms with van der Waals surface area (Å²) in [6.45, 7) is 0. The standard InChI is InChI=1S/C16H23BrClFN2/c1-21(2)16(9-5-3-4-6-10-16)15(20)11-7-8-12(17)13(18)14(11)19/h7-8,15H,3-6,9-10,20H2,1-2H3. The van der Waals surface area contributed by atoms with Crippen LogP contribution in [0.15, 0.2) is 16.6 Å². The van der Waals surface area contributed by atoms with Crippen molar-refractivity contribution in [1.82, 2.24) is 4.90 Å². The van der Waals surface area contributed by atoms with Gasteiger partial charge in [0, 0.05) is 15.6 Å². The molecule has 0 aliphatic heterocycles. The first-order valence-electron chi connectivity index (χ1n) is 7.46. The summed E-state index contributed by atoms with van der Waals surface area (Å²) in [5.74, 6) is -0.399. The molecule has 0 bridgehead atoms. The number of benzene rings is 1. The van der Waals surface area contributed by atoms with Gasteiger partial charge in [-0.3, -0.25) is 0 Å². The summed E-state index contributed by atoms with van der Waals surface area (Å²) >= 11 is 9.29. The summed E-state index contributed by atoms with van der Waals surface area (Å²) in [5.41, 5.74) is 6.85. The maximum atomic E-state index is 14.5. The van der Waals surface area contributed by atoms with Crippen molar-refractivity contribution in [2.24, 2.45) is 5.73 Å². The highest BCUT2D eigenvalue weighted by Gasteiger charge is 2.41. The monoisotopic (exact) mass is 376 g/mol. The van der Waals surface area contributed by atoms with Gasteiger partial charge in [0.2, 0.25) is 0 Å². The first kappa shape index (κ1) is 17.2. The molecule has 2 rings (SSSR count). The molecule has 2 N–H and O–H groups in total. The zero-order chi connectivity index (χ0) is 15.6. The van der Waals surface area contributed by atoms with Crippen molar-refractivity contribution in [3.8, 4) is 0 Å². The van der Waals surface area contributed by atoms with E-state index in [1.807, 2.05) is 14.1 Å². The Morgan fingerprint density at radius 1 is 1.24 bits per heavy atom. The van der Waals surface area contributed by atoms with Gasteiger partial charge in [0.1, 0.15) is 5.82 Å². The Kier molecular flexibility index (Phi) is 5.69. The minimum Gasteiger partial charge on any atom is -0.322 e. The van der Waals surface area contributed by atoms with Gasteiger partial charge >= 0.3 is 0 Å². The normalized spacial score (nSPS) is 20.3. The van der Waals surface area contributed by atoms with E-state index in [0.717, 1.165) is 25.7 Å². The van der Waals surface area contributed by atoms with Crippen molar-refractivity contribution in [3.05, 3.63) is 33.0 Å². The number of likely N-dealkylation sites (N-methyl/N-ethyl adjacent to an activating group) is 1. The molecule has 5 heteroatoms. The lowest BCUT2D eigenvalue weighted by Crippen LogP contribution is -2.52. The lowest BCUT2D eigenvalue weighted by Gasteiger charge is -2.44. The Balaban J connectivity index is 2.43. The first-order valence-corrected chi connectivity index (χ1v) is 8.63. The highest BCUT2D eigenvalue weighted by atomic mass is 79.9. The highest BCUT2D eigenvalue weighted by Crippen LogP contribution is 2.42. The number of hydrogen-bond donors (Lipinski definition) is 1. The molecule has 0 amide bonds. The van der Waals surface area contributed by atoms with Gasteiger partial charge in [-0.05, 0) is 48.9 Å². The smallest absolute Gasteiger partial charge is 0.147 e. The third-order valence-corrected chi connectivity index (χ3v) is 6.10. The van der Waals surface area contributed by atoms with Gasteiger partial charge in [-0.2, -0.15) is 0 Å². The predicted octanol–water partition coefficient (Wildman–Crippen LogP) is 4.90. The van der Waals surface area contributed by atoms with E-state index in [4.69, 9.17) is 17.3 Å². The van der Waals surface area contributed by atoms with E-state index < -0.39 is 5.82 Å². The second-order valence-electron chi connectivity index (χ2n) is 6.15. The van der Waals surface area contributed by atoms with Gasteiger partial charge in [-0.1, -0.05) is 43.4 Å². The molecular formula is C16H23BrClFN2. The Bertz CT molecular complexity index is 499. The fourth-order valence-corrected chi connectivity index (χ4v) is 3.93. The lowest BCUT2D eigenvalue weighted by molar-refractivity contribution is 0.0954. The molecular weight excluding hydrogens is 355 g/mol. The van der Waals surface area contributed by atoms with Crippen LogP contribution in [0.3, 0.4) is 0 Å². The fraction of sp³-hybridized carbons (Fsp3) is 0.625. The topological polar surface area (TPSA) is 29.3 Å². The zero-order valence-corrected chi connectivity index (χ0v) is 15.0. The van der Waals surface area contributed by atoms with E-state index in [0.29, 0.717) is 10.0 Å².